The van der Waals surface area contributed by atoms with E-state index in [9.17, 15) is 4.79 Å². The lowest BCUT2D eigenvalue weighted by Crippen LogP contribution is -2.16. The largest absolute Gasteiger partial charge is 0.352 e. The molecule has 4 aromatic heterocycles. The van der Waals surface area contributed by atoms with E-state index in [-0.39, 0.29) is 11.9 Å². The van der Waals surface area contributed by atoms with Gasteiger partial charge in [-0.25, -0.2) is 0 Å². The van der Waals surface area contributed by atoms with Gasteiger partial charge < -0.3 is 4.98 Å². The highest BCUT2D eigenvalue weighted by molar-refractivity contribution is 7.15. The average molecular weight is 405 g/mol. The molecule has 0 spiro atoms. The van der Waals surface area contributed by atoms with Gasteiger partial charge in [-0.3, -0.25) is 15.2 Å². The number of aromatic amines is 2. The van der Waals surface area contributed by atoms with Crippen LogP contribution < -0.4 is 5.32 Å². The van der Waals surface area contributed by atoms with E-state index in [1.54, 1.807) is 0 Å². The monoisotopic (exact) mass is 405 g/mol. The molecule has 11 heteroatoms. The van der Waals surface area contributed by atoms with Crippen molar-refractivity contribution in [3.05, 3.63) is 52.7 Å². The molecule has 0 bridgehead atoms. The van der Waals surface area contributed by atoms with Crippen molar-refractivity contribution in [3.63, 3.8) is 0 Å². The molecule has 29 heavy (non-hydrogen) atoms. The summed E-state index contributed by atoms with van der Waals surface area (Å²) < 4.78 is 1.48. The summed E-state index contributed by atoms with van der Waals surface area (Å²) in [4.78, 5) is 21.6. The van der Waals surface area contributed by atoms with Crippen molar-refractivity contribution in [2.75, 3.05) is 5.32 Å². The van der Waals surface area contributed by atoms with Crippen LogP contribution in [0.2, 0.25) is 0 Å². The number of aryl methyl sites for hydroxylation is 1. The molecule has 144 valence electrons. The zero-order valence-electron chi connectivity index (χ0n) is 15.5. The summed E-state index contributed by atoms with van der Waals surface area (Å²) in [5, 5.41) is 22.7. The SMILES string of the molecule is Cc1sc(-n2cnnn2)c(C(=O)Nc2n[nH]c(-c3cc4ccccc4[nH]3)n2)c1C. The second-order valence-corrected chi connectivity index (χ2v) is 7.65. The van der Waals surface area contributed by atoms with E-state index in [1.807, 2.05) is 44.2 Å². The van der Waals surface area contributed by atoms with Gasteiger partial charge in [0.25, 0.3) is 5.91 Å². The molecule has 4 heterocycles. The number of fused-ring (bicyclic) bond motifs is 1. The van der Waals surface area contributed by atoms with Crippen molar-refractivity contribution in [2.24, 2.45) is 0 Å². The number of nitrogens with one attached hydrogen (secondary N) is 3. The van der Waals surface area contributed by atoms with Crippen LogP contribution in [0.4, 0.5) is 5.95 Å². The van der Waals surface area contributed by atoms with Crippen LogP contribution in [0.15, 0.2) is 36.7 Å². The number of H-pyrrole nitrogens is 2. The standard InChI is InChI=1S/C18H15N9OS/c1-9-10(2)29-17(27-8-19-25-26-27)14(9)16(28)22-18-21-15(23-24-18)13-7-11-5-3-4-6-12(11)20-13/h3-8,20H,1-2H3,(H2,21,22,23,24,28). The Kier molecular flexibility index (Phi) is 3.95. The van der Waals surface area contributed by atoms with Gasteiger partial charge in [-0.05, 0) is 42.0 Å². The van der Waals surface area contributed by atoms with E-state index >= 15 is 0 Å². The Morgan fingerprint density at radius 3 is 2.90 bits per heavy atom. The number of aromatic nitrogens is 8. The first-order valence-electron chi connectivity index (χ1n) is 8.75. The van der Waals surface area contributed by atoms with Gasteiger partial charge in [0.1, 0.15) is 11.3 Å². The number of anilines is 1. The molecule has 0 fully saturated rings. The van der Waals surface area contributed by atoms with Crippen molar-refractivity contribution >= 4 is 34.1 Å². The Balaban J connectivity index is 1.44. The first kappa shape index (κ1) is 17.3. The van der Waals surface area contributed by atoms with Gasteiger partial charge in [0.2, 0.25) is 5.95 Å². The molecular weight excluding hydrogens is 390 g/mol. The van der Waals surface area contributed by atoms with Gasteiger partial charge in [0.05, 0.1) is 11.3 Å². The molecule has 5 aromatic rings. The summed E-state index contributed by atoms with van der Waals surface area (Å²) in [6.07, 6.45) is 1.46. The Labute approximate surface area is 168 Å². The molecule has 0 radical (unpaired) electrons. The number of carbonyl (C=O) groups excluding carboxylic acids is 1. The fourth-order valence-electron chi connectivity index (χ4n) is 3.10. The summed E-state index contributed by atoms with van der Waals surface area (Å²) >= 11 is 1.45. The molecule has 0 saturated carbocycles. The Bertz CT molecular complexity index is 1300. The Morgan fingerprint density at radius 1 is 1.24 bits per heavy atom. The molecular formula is C18H15N9OS. The van der Waals surface area contributed by atoms with Gasteiger partial charge in [-0.2, -0.15) is 9.67 Å². The lowest BCUT2D eigenvalue weighted by Gasteiger charge is -2.04. The highest BCUT2D eigenvalue weighted by Crippen LogP contribution is 2.30. The quantitative estimate of drug-likeness (QED) is 0.421. The van der Waals surface area contributed by atoms with Crippen LogP contribution >= 0.6 is 11.3 Å². The third-order valence-corrected chi connectivity index (χ3v) is 5.84. The van der Waals surface area contributed by atoms with Gasteiger partial charge in [0.15, 0.2) is 5.82 Å². The molecule has 3 N–H and O–H groups in total. The van der Waals surface area contributed by atoms with Crippen molar-refractivity contribution in [1.29, 1.82) is 0 Å². The fraction of sp³-hybridized carbons (Fsp3) is 0.111. The molecule has 0 aliphatic rings. The zero-order valence-corrected chi connectivity index (χ0v) is 16.3. The van der Waals surface area contributed by atoms with E-state index in [0.717, 1.165) is 27.0 Å². The number of thiophene rings is 1. The lowest BCUT2D eigenvalue weighted by atomic mass is 10.1. The van der Waals surface area contributed by atoms with E-state index in [2.05, 4.69) is 41.0 Å². The fourth-order valence-corrected chi connectivity index (χ4v) is 4.17. The number of nitrogens with zero attached hydrogens (tertiary/aromatic N) is 6. The molecule has 1 amide bonds. The molecule has 1 aromatic carbocycles. The van der Waals surface area contributed by atoms with E-state index < -0.39 is 0 Å². The number of amides is 1. The minimum absolute atomic E-state index is 0.189. The normalized spacial score (nSPS) is 11.2. The smallest absolute Gasteiger partial charge is 0.261 e. The molecule has 5 rings (SSSR count). The second kappa shape index (κ2) is 6.63. The number of para-hydroxylation sites is 1. The number of rotatable bonds is 4. The summed E-state index contributed by atoms with van der Waals surface area (Å²) in [5.74, 6) is 0.407. The molecule has 0 atom stereocenters. The highest BCUT2D eigenvalue weighted by atomic mass is 32.1. The zero-order chi connectivity index (χ0) is 20.0. The third kappa shape index (κ3) is 2.97. The maximum Gasteiger partial charge on any atom is 0.261 e. The number of hydrogen-bond acceptors (Lipinski definition) is 7. The maximum absolute atomic E-state index is 13.0. The van der Waals surface area contributed by atoms with Crippen LogP contribution in [0.25, 0.3) is 27.4 Å². The van der Waals surface area contributed by atoms with Crippen molar-refractivity contribution < 1.29 is 4.79 Å². The van der Waals surface area contributed by atoms with E-state index in [4.69, 9.17) is 0 Å². The first-order chi connectivity index (χ1) is 14.1. The maximum atomic E-state index is 13.0. The van der Waals surface area contributed by atoms with Crippen molar-refractivity contribution in [3.8, 4) is 16.5 Å². The topological polar surface area (TPSA) is 130 Å². The first-order valence-corrected chi connectivity index (χ1v) is 9.57. The summed E-state index contributed by atoms with van der Waals surface area (Å²) in [7, 11) is 0. The van der Waals surface area contributed by atoms with E-state index in [0.29, 0.717) is 16.4 Å². The minimum atomic E-state index is -0.320. The molecule has 10 nitrogen and oxygen atoms in total. The van der Waals surface area contributed by atoms with Crippen LogP contribution in [0.3, 0.4) is 0 Å². The van der Waals surface area contributed by atoms with Crippen molar-refractivity contribution in [1.82, 2.24) is 40.4 Å². The van der Waals surface area contributed by atoms with Gasteiger partial charge in [0, 0.05) is 15.8 Å². The highest BCUT2D eigenvalue weighted by Gasteiger charge is 2.23. The summed E-state index contributed by atoms with van der Waals surface area (Å²) in [6, 6.07) is 9.90. The minimum Gasteiger partial charge on any atom is -0.352 e. The summed E-state index contributed by atoms with van der Waals surface area (Å²) in [5.41, 5.74) is 3.15. The average Bonchev–Trinajstić information content (AvgIpc) is 3.48. The van der Waals surface area contributed by atoms with Gasteiger partial charge >= 0.3 is 0 Å². The number of carbonyl (C=O) groups is 1. The predicted octanol–water partition coefficient (Wildman–Crippen LogP) is 2.86. The molecule has 0 aliphatic heterocycles. The summed E-state index contributed by atoms with van der Waals surface area (Å²) in [6.45, 7) is 3.84. The van der Waals surface area contributed by atoms with Crippen LogP contribution in [0.1, 0.15) is 20.8 Å². The van der Waals surface area contributed by atoms with Crippen LogP contribution in [0, 0.1) is 13.8 Å². The van der Waals surface area contributed by atoms with Gasteiger partial charge in [-0.1, -0.05) is 18.2 Å². The Morgan fingerprint density at radius 2 is 2.10 bits per heavy atom. The van der Waals surface area contributed by atoms with Crippen molar-refractivity contribution in [2.45, 2.75) is 13.8 Å². The van der Waals surface area contributed by atoms with Crippen LogP contribution in [-0.2, 0) is 0 Å². The molecule has 0 aliphatic carbocycles. The number of tetrazole rings is 1. The van der Waals surface area contributed by atoms with Gasteiger partial charge in [-0.15, -0.1) is 21.5 Å². The van der Waals surface area contributed by atoms with Crippen LogP contribution in [-0.4, -0.2) is 46.3 Å². The second-order valence-electron chi connectivity index (χ2n) is 6.45. The lowest BCUT2D eigenvalue weighted by molar-refractivity contribution is 0.102. The van der Waals surface area contributed by atoms with E-state index in [1.165, 1.54) is 22.3 Å². The third-order valence-electron chi connectivity index (χ3n) is 4.65. The Hall–Kier alpha value is -3.86. The predicted molar refractivity (Wildman–Crippen MR) is 108 cm³/mol. The number of benzene rings is 1. The number of hydrogen-bond donors (Lipinski definition) is 3. The molecule has 0 saturated heterocycles. The van der Waals surface area contributed by atoms with Crippen LogP contribution in [0.5, 0.6) is 0 Å². The molecule has 0 unspecified atom stereocenters.